The van der Waals surface area contributed by atoms with Crippen molar-refractivity contribution in [2.75, 3.05) is 10.6 Å². The van der Waals surface area contributed by atoms with E-state index in [1.165, 1.54) is 0 Å². The molecule has 3 rings (SSSR count). The molecule has 0 radical (unpaired) electrons. The zero-order chi connectivity index (χ0) is 21.8. The summed E-state index contributed by atoms with van der Waals surface area (Å²) in [5, 5.41) is 10.5. The molecule has 0 aliphatic heterocycles. The van der Waals surface area contributed by atoms with Crippen molar-refractivity contribution in [3.8, 4) is 0 Å². The number of nitrogens with one attached hydrogen (secondary N) is 2. The van der Waals surface area contributed by atoms with E-state index in [0.29, 0.717) is 0 Å². The molecule has 0 saturated carbocycles. The van der Waals surface area contributed by atoms with Crippen LogP contribution < -0.4 is 10.6 Å². The first-order valence-electron chi connectivity index (χ1n) is 10.0. The molecule has 1 atom stereocenters. The molecule has 156 valence electrons. The molecule has 2 aromatic carbocycles. The molecule has 1 aromatic heterocycles. The van der Waals surface area contributed by atoms with E-state index >= 15 is 0 Å². The molecule has 0 aliphatic carbocycles. The highest BCUT2D eigenvalue weighted by Gasteiger charge is 2.23. The molecule has 0 fully saturated rings. The van der Waals surface area contributed by atoms with E-state index in [1.807, 2.05) is 83.1 Å². The van der Waals surface area contributed by atoms with Gasteiger partial charge in [0.25, 0.3) is 0 Å². The molecule has 0 saturated heterocycles. The van der Waals surface area contributed by atoms with Crippen molar-refractivity contribution in [1.82, 2.24) is 9.78 Å². The number of para-hydroxylation sites is 2. The molecule has 30 heavy (non-hydrogen) atoms. The monoisotopic (exact) mass is 404 g/mol. The average Bonchev–Trinajstić information content (AvgIpc) is 2.99. The Morgan fingerprint density at radius 1 is 0.900 bits per heavy atom. The van der Waals surface area contributed by atoms with Crippen LogP contribution in [0.3, 0.4) is 0 Å². The number of aromatic nitrogens is 2. The standard InChI is InChI=1S/C24H28N4O2/c1-15-10-6-8-12-21(15)25-23(29)14-20-17(3)27-28(18(20)4)19(5)24(30)26-22-13-9-7-11-16(22)2/h6-13,19H,14H2,1-5H3,(H,25,29)(H,26,30)/t19-/m0/s1. The minimum absolute atomic E-state index is 0.105. The van der Waals surface area contributed by atoms with Crippen LogP contribution in [-0.2, 0) is 16.0 Å². The van der Waals surface area contributed by atoms with Gasteiger partial charge in [0, 0.05) is 22.6 Å². The van der Waals surface area contributed by atoms with Crippen LogP contribution in [0.15, 0.2) is 48.5 Å². The highest BCUT2D eigenvalue weighted by molar-refractivity contribution is 5.94. The Morgan fingerprint density at radius 2 is 1.43 bits per heavy atom. The van der Waals surface area contributed by atoms with E-state index < -0.39 is 6.04 Å². The Bertz CT molecular complexity index is 1080. The molecule has 0 spiro atoms. The smallest absolute Gasteiger partial charge is 0.248 e. The van der Waals surface area contributed by atoms with Crippen LogP contribution in [0.4, 0.5) is 11.4 Å². The predicted octanol–water partition coefficient (Wildman–Crippen LogP) is 4.50. The maximum atomic E-state index is 12.8. The molecule has 1 heterocycles. The SMILES string of the molecule is Cc1ccccc1NC(=O)Cc1c(C)nn([C@@H](C)C(=O)Nc2ccccc2C)c1C. The van der Waals surface area contributed by atoms with Crippen molar-refractivity contribution < 1.29 is 9.59 Å². The van der Waals surface area contributed by atoms with Gasteiger partial charge in [0.15, 0.2) is 0 Å². The first-order valence-corrected chi connectivity index (χ1v) is 10.0. The third kappa shape index (κ3) is 4.59. The summed E-state index contributed by atoms with van der Waals surface area (Å²) in [7, 11) is 0. The minimum atomic E-state index is -0.503. The number of aryl methyl sites for hydroxylation is 3. The summed E-state index contributed by atoms with van der Waals surface area (Å²) in [6.07, 6.45) is 0.206. The highest BCUT2D eigenvalue weighted by atomic mass is 16.2. The lowest BCUT2D eigenvalue weighted by atomic mass is 10.1. The molecule has 3 aromatic rings. The first-order chi connectivity index (χ1) is 14.3. The largest absolute Gasteiger partial charge is 0.326 e. The number of nitrogens with zero attached hydrogens (tertiary/aromatic N) is 2. The summed E-state index contributed by atoms with van der Waals surface area (Å²) in [6, 6.07) is 14.8. The van der Waals surface area contributed by atoms with E-state index in [0.717, 1.165) is 39.5 Å². The van der Waals surface area contributed by atoms with E-state index in [-0.39, 0.29) is 18.2 Å². The van der Waals surface area contributed by atoms with Crippen molar-refractivity contribution in [2.24, 2.45) is 0 Å². The quantitative estimate of drug-likeness (QED) is 0.635. The Labute approximate surface area is 177 Å². The number of rotatable bonds is 6. The molecule has 0 unspecified atom stereocenters. The molecule has 0 bridgehead atoms. The van der Waals surface area contributed by atoms with Gasteiger partial charge in [-0.1, -0.05) is 36.4 Å². The van der Waals surface area contributed by atoms with Crippen molar-refractivity contribution >= 4 is 23.2 Å². The van der Waals surface area contributed by atoms with Crippen LogP contribution in [0, 0.1) is 27.7 Å². The lowest BCUT2D eigenvalue weighted by Crippen LogP contribution is -2.25. The van der Waals surface area contributed by atoms with Gasteiger partial charge in [-0.2, -0.15) is 5.10 Å². The number of anilines is 2. The Morgan fingerprint density at radius 3 is 2.00 bits per heavy atom. The fraction of sp³-hybridized carbons (Fsp3) is 0.292. The zero-order valence-electron chi connectivity index (χ0n) is 18.1. The molecule has 2 N–H and O–H groups in total. The van der Waals surface area contributed by atoms with E-state index in [1.54, 1.807) is 4.68 Å². The summed E-state index contributed by atoms with van der Waals surface area (Å²) in [5.41, 5.74) is 6.01. The topological polar surface area (TPSA) is 76.0 Å². The second-order valence-corrected chi connectivity index (χ2v) is 7.61. The molecule has 6 heteroatoms. The second kappa shape index (κ2) is 8.95. The van der Waals surface area contributed by atoms with E-state index in [9.17, 15) is 9.59 Å². The average molecular weight is 405 g/mol. The molecule has 0 aliphatic rings. The van der Waals surface area contributed by atoms with Crippen LogP contribution in [0.1, 0.15) is 41.0 Å². The third-order valence-corrected chi connectivity index (χ3v) is 5.38. The van der Waals surface area contributed by atoms with E-state index in [4.69, 9.17) is 0 Å². The fourth-order valence-corrected chi connectivity index (χ4v) is 3.46. The Kier molecular flexibility index (Phi) is 6.35. The number of amides is 2. The molecule has 6 nitrogen and oxygen atoms in total. The van der Waals surface area contributed by atoms with Gasteiger partial charge < -0.3 is 10.6 Å². The Balaban J connectivity index is 1.74. The molecular formula is C24H28N4O2. The first kappa shape index (κ1) is 21.3. The summed E-state index contributed by atoms with van der Waals surface area (Å²) in [4.78, 5) is 25.4. The lowest BCUT2D eigenvalue weighted by molar-refractivity contribution is -0.119. The summed E-state index contributed by atoms with van der Waals surface area (Å²) < 4.78 is 1.69. The van der Waals surface area contributed by atoms with Crippen LogP contribution in [-0.4, -0.2) is 21.6 Å². The highest BCUT2D eigenvalue weighted by Crippen LogP contribution is 2.21. The van der Waals surface area contributed by atoms with Gasteiger partial charge >= 0.3 is 0 Å². The normalized spacial score (nSPS) is 11.8. The van der Waals surface area contributed by atoms with Crippen molar-refractivity contribution in [2.45, 2.75) is 47.1 Å². The number of carbonyl (C=O) groups is 2. The Hall–Kier alpha value is -3.41. The van der Waals surface area contributed by atoms with Crippen LogP contribution in [0.25, 0.3) is 0 Å². The van der Waals surface area contributed by atoms with Gasteiger partial charge in [-0.05, 0) is 57.9 Å². The van der Waals surface area contributed by atoms with Crippen LogP contribution >= 0.6 is 0 Å². The van der Waals surface area contributed by atoms with Gasteiger partial charge in [0.2, 0.25) is 11.8 Å². The molecular weight excluding hydrogens is 376 g/mol. The maximum Gasteiger partial charge on any atom is 0.248 e. The van der Waals surface area contributed by atoms with Crippen molar-refractivity contribution in [1.29, 1.82) is 0 Å². The number of benzene rings is 2. The van der Waals surface area contributed by atoms with Crippen LogP contribution in [0.2, 0.25) is 0 Å². The number of hydrogen-bond donors (Lipinski definition) is 2. The number of carbonyl (C=O) groups excluding carboxylic acids is 2. The van der Waals surface area contributed by atoms with Crippen molar-refractivity contribution in [3.05, 3.63) is 76.6 Å². The number of hydrogen-bond acceptors (Lipinski definition) is 3. The van der Waals surface area contributed by atoms with Gasteiger partial charge in [-0.3, -0.25) is 14.3 Å². The van der Waals surface area contributed by atoms with Crippen molar-refractivity contribution in [3.63, 3.8) is 0 Å². The summed E-state index contributed by atoms with van der Waals surface area (Å²) in [6.45, 7) is 9.48. The second-order valence-electron chi connectivity index (χ2n) is 7.61. The summed E-state index contributed by atoms with van der Waals surface area (Å²) in [5.74, 6) is -0.252. The minimum Gasteiger partial charge on any atom is -0.326 e. The summed E-state index contributed by atoms with van der Waals surface area (Å²) >= 11 is 0. The van der Waals surface area contributed by atoms with E-state index in [2.05, 4.69) is 15.7 Å². The molecule has 2 amide bonds. The zero-order valence-corrected chi connectivity index (χ0v) is 18.1. The van der Waals surface area contributed by atoms with Gasteiger partial charge in [0.05, 0.1) is 12.1 Å². The van der Waals surface area contributed by atoms with Gasteiger partial charge in [-0.25, -0.2) is 0 Å². The van der Waals surface area contributed by atoms with Gasteiger partial charge in [0.1, 0.15) is 6.04 Å². The fourth-order valence-electron chi connectivity index (χ4n) is 3.46. The lowest BCUT2D eigenvalue weighted by Gasteiger charge is -2.16. The van der Waals surface area contributed by atoms with Crippen LogP contribution in [0.5, 0.6) is 0 Å². The van der Waals surface area contributed by atoms with Gasteiger partial charge in [-0.15, -0.1) is 0 Å². The predicted molar refractivity (Wildman–Crippen MR) is 120 cm³/mol. The third-order valence-electron chi connectivity index (χ3n) is 5.38. The maximum absolute atomic E-state index is 12.8.